The fourth-order valence-corrected chi connectivity index (χ4v) is 0.310. The monoisotopic (exact) mass is 172 g/mol. The maximum atomic E-state index is 5.18. The van der Waals surface area contributed by atoms with Gasteiger partial charge in [-0.05, 0) is 13.0 Å². The van der Waals surface area contributed by atoms with Gasteiger partial charge in [0.15, 0.2) is 0 Å². The van der Waals surface area contributed by atoms with Gasteiger partial charge in [-0.15, -0.1) is 24.8 Å². The Bertz CT molecular complexity index is 56.9. The summed E-state index contributed by atoms with van der Waals surface area (Å²) in [6.45, 7) is 1.34. The zero-order valence-corrected chi connectivity index (χ0v) is 6.88. The van der Waals surface area contributed by atoms with Crippen LogP contribution in [0.15, 0.2) is 12.2 Å². The lowest BCUT2D eigenvalue weighted by Crippen LogP contribution is -1.97. The van der Waals surface area contributed by atoms with Gasteiger partial charge in [-0.3, -0.25) is 0 Å². The van der Waals surface area contributed by atoms with E-state index in [0.717, 1.165) is 13.0 Å². The maximum absolute atomic E-state index is 5.18. The second-order valence-corrected chi connectivity index (χ2v) is 1.28. The van der Waals surface area contributed by atoms with Crippen molar-refractivity contribution in [2.24, 2.45) is 11.5 Å². The number of hydrogen-bond donors (Lipinski definition) is 2. The molecular formula is C5H14Cl2N2. The topological polar surface area (TPSA) is 52.0 Å². The molecule has 4 heteroatoms. The van der Waals surface area contributed by atoms with Crippen molar-refractivity contribution >= 4 is 24.8 Å². The molecule has 0 aromatic heterocycles. The normalized spacial score (nSPS) is 8.22. The van der Waals surface area contributed by atoms with Gasteiger partial charge < -0.3 is 11.5 Å². The summed E-state index contributed by atoms with van der Waals surface area (Å²) in [5.41, 5.74) is 10.3. The lowest BCUT2D eigenvalue weighted by atomic mass is 10.4. The minimum atomic E-state index is 0. The van der Waals surface area contributed by atoms with Crippen molar-refractivity contribution in [3.05, 3.63) is 12.2 Å². The van der Waals surface area contributed by atoms with Crippen molar-refractivity contribution < 1.29 is 0 Å². The fraction of sp³-hybridized carbons (Fsp3) is 0.600. The van der Waals surface area contributed by atoms with Crippen LogP contribution in [0.1, 0.15) is 6.42 Å². The molecule has 0 unspecified atom stereocenters. The summed E-state index contributed by atoms with van der Waals surface area (Å²) < 4.78 is 0. The molecule has 9 heavy (non-hydrogen) atoms. The smallest absolute Gasteiger partial charge is 0.0106 e. The Morgan fingerprint density at radius 1 is 1.00 bits per heavy atom. The first-order valence-electron chi connectivity index (χ1n) is 2.47. The van der Waals surface area contributed by atoms with Gasteiger partial charge in [0.1, 0.15) is 0 Å². The van der Waals surface area contributed by atoms with Gasteiger partial charge in [-0.25, -0.2) is 0 Å². The molecule has 0 fully saturated rings. The first-order valence-corrected chi connectivity index (χ1v) is 2.47. The highest BCUT2D eigenvalue weighted by atomic mass is 35.5. The lowest BCUT2D eigenvalue weighted by molar-refractivity contribution is 1.00. The van der Waals surface area contributed by atoms with Gasteiger partial charge in [0.05, 0.1) is 0 Å². The van der Waals surface area contributed by atoms with Crippen LogP contribution >= 0.6 is 24.8 Å². The second-order valence-electron chi connectivity index (χ2n) is 1.28. The van der Waals surface area contributed by atoms with E-state index in [1.54, 1.807) is 0 Å². The zero-order valence-electron chi connectivity index (χ0n) is 5.25. The highest BCUT2D eigenvalue weighted by molar-refractivity contribution is 5.85. The summed E-state index contributed by atoms with van der Waals surface area (Å²) >= 11 is 0. The average molecular weight is 173 g/mol. The van der Waals surface area contributed by atoms with Crippen molar-refractivity contribution in [1.82, 2.24) is 0 Å². The van der Waals surface area contributed by atoms with E-state index in [1.807, 2.05) is 12.2 Å². The molecule has 0 atom stereocenters. The zero-order chi connectivity index (χ0) is 5.54. The highest BCUT2D eigenvalue weighted by Gasteiger charge is 1.67. The Hall–Kier alpha value is 0.240. The molecule has 0 amide bonds. The number of rotatable bonds is 3. The molecule has 0 bridgehead atoms. The van der Waals surface area contributed by atoms with Crippen LogP contribution in [0.5, 0.6) is 0 Å². The first-order chi connectivity index (χ1) is 3.41. The SMILES string of the molecule is Cl.Cl.NCC=CCCN. The average Bonchev–Trinajstić information content (AvgIpc) is 1.69. The Kier molecular flexibility index (Phi) is 28.2. The van der Waals surface area contributed by atoms with Crippen LogP contribution < -0.4 is 11.5 Å². The Morgan fingerprint density at radius 3 is 1.89 bits per heavy atom. The Morgan fingerprint density at radius 2 is 1.56 bits per heavy atom. The molecule has 0 aromatic carbocycles. The Balaban J connectivity index is -0.000000180. The molecule has 0 saturated carbocycles. The largest absolute Gasteiger partial charge is 0.330 e. The summed E-state index contributed by atoms with van der Waals surface area (Å²) in [5, 5.41) is 0. The lowest BCUT2D eigenvalue weighted by Gasteiger charge is -1.80. The van der Waals surface area contributed by atoms with Crippen LogP contribution in [-0.4, -0.2) is 13.1 Å². The van der Waals surface area contributed by atoms with Crippen molar-refractivity contribution in [2.75, 3.05) is 13.1 Å². The van der Waals surface area contributed by atoms with E-state index in [2.05, 4.69) is 0 Å². The van der Waals surface area contributed by atoms with Gasteiger partial charge in [0, 0.05) is 6.54 Å². The molecule has 0 saturated heterocycles. The van der Waals surface area contributed by atoms with Crippen LogP contribution in [0.3, 0.4) is 0 Å². The summed E-state index contributed by atoms with van der Waals surface area (Å²) in [6.07, 6.45) is 4.84. The maximum Gasteiger partial charge on any atom is 0.0106 e. The standard InChI is InChI=1S/C5H12N2.2ClH/c6-4-2-1-3-5-7;;/h1-2H,3-7H2;2*1H. The fourth-order valence-electron chi connectivity index (χ4n) is 0.310. The van der Waals surface area contributed by atoms with Crippen LogP contribution in [-0.2, 0) is 0 Å². The first kappa shape index (κ1) is 16.1. The molecule has 4 N–H and O–H groups in total. The van der Waals surface area contributed by atoms with Crippen molar-refractivity contribution in [3.63, 3.8) is 0 Å². The molecule has 0 aliphatic carbocycles. The van der Waals surface area contributed by atoms with Gasteiger partial charge in [0.2, 0.25) is 0 Å². The van der Waals surface area contributed by atoms with Gasteiger partial charge in [0.25, 0.3) is 0 Å². The van der Waals surface area contributed by atoms with Gasteiger partial charge in [-0.2, -0.15) is 0 Å². The van der Waals surface area contributed by atoms with E-state index >= 15 is 0 Å². The number of nitrogens with two attached hydrogens (primary N) is 2. The van der Waals surface area contributed by atoms with E-state index in [0.29, 0.717) is 6.54 Å². The van der Waals surface area contributed by atoms with Crippen molar-refractivity contribution in [3.8, 4) is 0 Å². The molecule has 0 aliphatic heterocycles. The van der Waals surface area contributed by atoms with Gasteiger partial charge >= 0.3 is 0 Å². The van der Waals surface area contributed by atoms with E-state index in [4.69, 9.17) is 11.5 Å². The van der Waals surface area contributed by atoms with E-state index in [-0.39, 0.29) is 24.8 Å². The molecule has 58 valence electrons. The minimum absolute atomic E-state index is 0. The molecule has 0 radical (unpaired) electrons. The Labute approximate surface area is 68.5 Å². The van der Waals surface area contributed by atoms with Crippen LogP contribution in [0, 0.1) is 0 Å². The third kappa shape index (κ3) is 17.8. The molecule has 0 aliphatic rings. The van der Waals surface area contributed by atoms with E-state index < -0.39 is 0 Å². The van der Waals surface area contributed by atoms with E-state index in [1.165, 1.54) is 0 Å². The second kappa shape index (κ2) is 15.7. The third-order valence-corrected chi connectivity index (χ3v) is 0.636. The third-order valence-electron chi connectivity index (χ3n) is 0.636. The summed E-state index contributed by atoms with van der Waals surface area (Å²) in [7, 11) is 0. The molecule has 2 nitrogen and oxygen atoms in total. The van der Waals surface area contributed by atoms with E-state index in [9.17, 15) is 0 Å². The summed E-state index contributed by atoms with van der Waals surface area (Å²) in [5.74, 6) is 0. The van der Waals surface area contributed by atoms with Crippen molar-refractivity contribution in [2.45, 2.75) is 6.42 Å². The molecular weight excluding hydrogens is 159 g/mol. The van der Waals surface area contributed by atoms with Gasteiger partial charge in [-0.1, -0.05) is 12.2 Å². The van der Waals surface area contributed by atoms with Crippen LogP contribution in [0.25, 0.3) is 0 Å². The number of hydrogen-bond acceptors (Lipinski definition) is 2. The predicted molar refractivity (Wildman–Crippen MR) is 46.4 cm³/mol. The molecule has 0 heterocycles. The molecule has 0 aromatic rings. The summed E-state index contributed by atoms with van der Waals surface area (Å²) in [6, 6.07) is 0. The highest BCUT2D eigenvalue weighted by Crippen LogP contribution is 1.74. The van der Waals surface area contributed by atoms with Crippen molar-refractivity contribution in [1.29, 1.82) is 0 Å². The quantitative estimate of drug-likeness (QED) is 0.617. The molecule has 0 rings (SSSR count). The van der Waals surface area contributed by atoms with Crippen LogP contribution in [0.4, 0.5) is 0 Å². The molecule has 0 spiro atoms. The summed E-state index contributed by atoms with van der Waals surface area (Å²) in [4.78, 5) is 0. The number of halogens is 2. The minimum Gasteiger partial charge on any atom is -0.330 e. The van der Waals surface area contributed by atoms with Crippen LogP contribution in [0.2, 0.25) is 0 Å². The predicted octanol–water partition coefficient (Wildman–Crippen LogP) is 0.694.